The van der Waals surface area contributed by atoms with Crippen LogP contribution < -0.4 is 16.0 Å². The van der Waals surface area contributed by atoms with Crippen LogP contribution in [0.5, 0.6) is 0 Å². The van der Waals surface area contributed by atoms with Gasteiger partial charge in [0.2, 0.25) is 5.91 Å². The smallest absolute Gasteiger partial charge is 0.407 e. The van der Waals surface area contributed by atoms with Crippen LogP contribution >= 0.6 is 0 Å². The molecule has 0 radical (unpaired) electrons. The number of ether oxygens (including phenoxy) is 2. The van der Waals surface area contributed by atoms with Crippen LogP contribution in [0.15, 0.2) is 60.7 Å². The molecule has 0 spiro atoms. The van der Waals surface area contributed by atoms with Gasteiger partial charge in [0, 0.05) is 5.54 Å². The van der Waals surface area contributed by atoms with Crippen molar-refractivity contribution in [2.24, 2.45) is 0 Å². The molecule has 0 fully saturated rings. The summed E-state index contributed by atoms with van der Waals surface area (Å²) < 4.78 is 10.6. The lowest BCUT2D eigenvalue weighted by atomic mass is 9.95. The Hall–Kier alpha value is -3.39. The maximum absolute atomic E-state index is 13.6. The zero-order valence-corrected chi connectivity index (χ0v) is 23.0. The standard InChI is InChI=1S/C29H41N3O5/c1-28(2,3)32-25(33)24(30-23(26(34)36-7)19-21-16-12-9-13-17-21)22(18-20-14-10-8-11-15-20)31-27(35)37-29(4,5)6/h8-17,22-24,30H,18-19H2,1-7H3,(H,31,35)(H,32,33)/t22-,23-,24?/m0/s1. The Bertz CT molecular complexity index is 1010. The van der Waals surface area contributed by atoms with Gasteiger partial charge in [-0.25, -0.2) is 4.79 Å². The van der Waals surface area contributed by atoms with Crippen LogP contribution in [0.3, 0.4) is 0 Å². The third kappa shape index (κ3) is 11.0. The molecule has 0 aliphatic heterocycles. The molecule has 0 aliphatic rings. The number of benzene rings is 2. The van der Waals surface area contributed by atoms with E-state index in [-0.39, 0.29) is 5.91 Å². The zero-order chi connectivity index (χ0) is 27.6. The van der Waals surface area contributed by atoms with Crippen LogP contribution in [0.2, 0.25) is 0 Å². The summed E-state index contributed by atoms with van der Waals surface area (Å²) in [5, 5.41) is 9.07. The Morgan fingerprint density at radius 3 is 1.78 bits per heavy atom. The van der Waals surface area contributed by atoms with Crippen molar-refractivity contribution in [3.05, 3.63) is 71.8 Å². The SMILES string of the molecule is COC(=O)[C@H](Cc1ccccc1)NC(C(=O)NC(C)(C)C)[C@H](Cc1ccccc1)NC(=O)OC(C)(C)C. The Morgan fingerprint density at radius 2 is 1.32 bits per heavy atom. The number of esters is 1. The fraction of sp³-hybridized carbons (Fsp3) is 0.483. The molecule has 0 aliphatic carbocycles. The van der Waals surface area contributed by atoms with Crippen molar-refractivity contribution in [2.45, 2.75) is 83.6 Å². The number of amides is 2. The Kier molecular flexibility index (Phi) is 10.7. The average Bonchev–Trinajstić information content (AvgIpc) is 2.79. The summed E-state index contributed by atoms with van der Waals surface area (Å²) in [5.74, 6) is -0.861. The largest absolute Gasteiger partial charge is 0.468 e. The highest BCUT2D eigenvalue weighted by molar-refractivity contribution is 5.85. The lowest BCUT2D eigenvalue weighted by Crippen LogP contribution is -2.63. The van der Waals surface area contributed by atoms with Gasteiger partial charge >= 0.3 is 12.1 Å². The van der Waals surface area contributed by atoms with E-state index < -0.39 is 41.3 Å². The van der Waals surface area contributed by atoms with E-state index in [0.717, 1.165) is 11.1 Å². The molecule has 2 amide bonds. The number of carbonyl (C=O) groups is 3. The van der Waals surface area contributed by atoms with Gasteiger partial charge in [-0.15, -0.1) is 0 Å². The van der Waals surface area contributed by atoms with E-state index in [1.54, 1.807) is 20.8 Å². The van der Waals surface area contributed by atoms with Gasteiger partial charge in [0.05, 0.1) is 13.2 Å². The second kappa shape index (κ2) is 13.2. The first-order valence-electron chi connectivity index (χ1n) is 12.5. The van der Waals surface area contributed by atoms with Crippen molar-refractivity contribution < 1.29 is 23.9 Å². The zero-order valence-electron chi connectivity index (χ0n) is 23.0. The number of nitrogens with one attached hydrogen (secondary N) is 3. The first-order chi connectivity index (χ1) is 17.3. The van der Waals surface area contributed by atoms with Gasteiger partial charge in [-0.1, -0.05) is 60.7 Å². The number of alkyl carbamates (subject to hydrolysis) is 1. The summed E-state index contributed by atoms with van der Waals surface area (Å²) in [6.45, 7) is 10.9. The minimum absolute atomic E-state index is 0.303. The predicted molar refractivity (Wildman–Crippen MR) is 144 cm³/mol. The molecule has 0 heterocycles. The second-order valence-electron chi connectivity index (χ2n) is 11.1. The highest BCUT2D eigenvalue weighted by atomic mass is 16.6. The van der Waals surface area contributed by atoms with Crippen molar-refractivity contribution in [3.63, 3.8) is 0 Å². The molecule has 2 rings (SSSR count). The van der Waals surface area contributed by atoms with Gasteiger partial charge < -0.3 is 20.1 Å². The molecule has 202 valence electrons. The Balaban J connectivity index is 2.46. The molecule has 3 atom stereocenters. The number of hydrogen-bond donors (Lipinski definition) is 3. The summed E-state index contributed by atoms with van der Waals surface area (Å²) in [5.41, 5.74) is 0.553. The molecule has 0 bridgehead atoms. The average molecular weight is 512 g/mol. The molecule has 0 saturated carbocycles. The second-order valence-corrected chi connectivity index (χ2v) is 11.1. The van der Waals surface area contributed by atoms with Crippen molar-refractivity contribution >= 4 is 18.0 Å². The maximum Gasteiger partial charge on any atom is 0.407 e. The predicted octanol–water partition coefficient (Wildman–Crippen LogP) is 3.78. The monoisotopic (exact) mass is 511 g/mol. The quantitative estimate of drug-likeness (QED) is 0.419. The van der Waals surface area contributed by atoms with E-state index in [0.29, 0.717) is 12.8 Å². The van der Waals surface area contributed by atoms with Crippen LogP contribution in [-0.2, 0) is 31.9 Å². The Morgan fingerprint density at radius 1 is 0.811 bits per heavy atom. The molecular formula is C29H41N3O5. The third-order valence-corrected chi connectivity index (χ3v) is 5.33. The number of hydrogen-bond acceptors (Lipinski definition) is 6. The van der Waals surface area contributed by atoms with Crippen LogP contribution in [-0.4, -0.2) is 54.3 Å². The van der Waals surface area contributed by atoms with Gasteiger partial charge in [0.25, 0.3) is 0 Å². The summed E-state index contributed by atoms with van der Waals surface area (Å²) >= 11 is 0. The summed E-state index contributed by atoms with van der Waals surface area (Å²) in [6.07, 6.45) is -0.0206. The Labute approximate surface area is 220 Å². The molecule has 1 unspecified atom stereocenters. The number of carbonyl (C=O) groups excluding carboxylic acids is 3. The van der Waals surface area contributed by atoms with E-state index >= 15 is 0 Å². The topological polar surface area (TPSA) is 106 Å². The van der Waals surface area contributed by atoms with Gasteiger partial charge in [-0.3, -0.25) is 14.9 Å². The molecule has 2 aromatic carbocycles. The molecule has 8 heteroatoms. The summed E-state index contributed by atoms with van der Waals surface area (Å²) in [4.78, 5) is 39.3. The molecule has 0 saturated heterocycles. The van der Waals surface area contributed by atoms with E-state index in [4.69, 9.17) is 9.47 Å². The lowest BCUT2D eigenvalue weighted by Gasteiger charge is -2.34. The first-order valence-corrected chi connectivity index (χ1v) is 12.5. The minimum atomic E-state index is -0.972. The molecule has 37 heavy (non-hydrogen) atoms. The molecule has 0 aromatic heterocycles. The lowest BCUT2D eigenvalue weighted by molar-refractivity contribution is -0.143. The van der Waals surface area contributed by atoms with Crippen molar-refractivity contribution in [1.29, 1.82) is 0 Å². The van der Waals surface area contributed by atoms with Crippen LogP contribution in [0.25, 0.3) is 0 Å². The molecule has 2 aromatic rings. The fourth-order valence-corrected chi connectivity index (χ4v) is 3.82. The van der Waals surface area contributed by atoms with E-state index in [1.807, 2.05) is 81.4 Å². The van der Waals surface area contributed by atoms with E-state index in [1.165, 1.54) is 7.11 Å². The molecular weight excluding hydrogens is 470 g/mol. The van der Waals surface area contributed by atoms with Crippen molar-refractivity contribution in [3.8, 4) is 0 Å². The first kappa shape index (κ1) is 29.8. The van der Waals surface area contributed by atoms with Crippen molar-refractivity contribution in [2.75, 3.05) is 7.11 Å². The van der Waals surface area contributed by atoms with Gasteiger partial charge in [-0.05, 0) is 65.5 Å². The summed E-state index contributed by atoms with van der Waals surface area (Å²) in [7, 11) is 1.31. The van der Waals surface area contributed by atoms with Gasteiger partial charge in [0.1, 0.15) is 17.7 Å². The molecule has 8 nitrogen and oxygen atoms in total. The fourth-order valence-electron chi connectivity index (χ4n) is 3.82. The van der Waals surface area contributed by atoms with Crippen LogP contribution in [0, 0.1) is 0 Å². The normalized spacial score (nSPS) is 14.1. The highest BCUT2D eigenvalue weighted by Crippen LogP contribution is 2.14. The van der Waals surface area contributed by atoms with Crippen molar-refractivity contribution in [1.82, 2.24) is 16.0 Å². The number of methoxy groups -OCH3 is 1. The third-order valence-electron chi connectivity index (χ3n) is 5.33. The van der Waals surface area contributed by atoms with Crippen LogP contribution in [0.4, 0.5) is 4.79 Å². The maximum atomic E-state index is 13.6. The van der Waals surface area contributed by atoms with Crippen LogP contribution in [0.1, 0.15) is 52.7 Å². The van der Waals surface area contributed by atoms with E-state index in [9.17, 15) is 14.4 Å². The number of rotatable bonds is 10. The van der Waals surface area contributed by atoms with E-state index in [2.05, 4.69) is 16.0 Å². The van der Waals surface area contributed by atoms with Gasteiger partial charge in [0.15, 0.2) is 0 Å². The summed E-state index contributed by atoms with van der Waals surface area (Å²) in [6, 6.07) is 16.5. The molecule has 3 N–H and O–H groups in total. The minimum Gasteiger partial charge on any atom is -0.468 e. The van der Waals surface area contributed by atoms with Gasteiger partial charge in [-0.2, -0.15) is 0 Å². The highest BCUT2D eigenvalue weighted by Gasteiger charge is 2.36.